The van der Waals surface area contributed by atoms with E-state index in [4.69, 9.17) is 9.47 Å². The fourth-order valence-electron chi connectivity index (χ4n) is 8.26. The first-order valence-electron chi connectivity index (χ1n) is 20.0. The number of carbonyl (C=O) groups excluding carboxylic acids is 3. The van der Waals surface area contributed by atoms with Crippen molar-refractivity contribution in [1.29, 1.82) is 0 Å². The SMILES string of the molecule is CCOc1ccc2nc(C(F)(F)F)c(O[C@@H]3C[C@H]4C(=O)N[C@]5(C(=O)NS(=O)(=O)C6(C)CC6)C[C@H]5/C=C\CC[C@@H](C)C[C@@H](C)[C@H](N(C(=O)O)C(C)(C)C)C(=O)N4C3)nc2c1. The van der Waals surface area contributed by atoms with Gasteiger partial charge in [-0.15, -0.1) is 0 Å². The number of ether oxygens (including phenoxy) is 2. The van der Waals surface area contributed by atoms with Gasteiger partial charge in [-0.05, 0) is 97.1 Å². The van der Waals surface area contributed by atoms with Crippen molar-refractivity contribution in [3.63, 3.8) is 0 Å². The maximum absolute atomic E-state index is 15.0. The maximum Gasteiger partial charge on any atom is 0.438 e. The van der Waals surface area contributed by atoms with Crippen LogP contribution in [0.4, 0.5) is 18.0 Å². The Morgan fingerprint density at radius 3 is 2.41 bits per heavy atom. The van der Waals surface area contributed by atoms with Crippen LogP contribution in [0.25, 0.3) is 11.0 Å². The van der Waals surface area contributed by atoms with Crippen LogP contribution >= 0.6 is 0 Å². The molecule has 15 nitrogen and oxygen atoms in total. The summed E-state index contributed by atoms with van der Waals surface area (Å²) in [6.07, 6.45) is -2.13. The molecule has 1 aromatic heterocycles. The maximum atomic E-state index is 15.0. The molecule has 2 aliphatic carbocycles. The standard InChI is InChI=1S/C40H53F3N6O9S/c1-8-57-25-13-14-27-28(18-25)45-33(31(44-27)40(41,42)43)58-26-19-29-32(50)46-39(35(52)47-59(55,56)38(7)15-16-38)20-24(39)12-10-9-11-22(2)17-23(3)30(34(51)48(29)21-26)49(36(53)54)37(4,5)6/h10,12-14,18,22-24,26,29-30H,8-9,11,15-17,19-21H2,1-7H3,(H,46,50)(H,47,52)(H,53,54)/b12-10-/t22-,23-,24-,26-,29+,30+,39-/m1/s1. The number of aromatic nitrogens is 2. The van der Waals surface area contributed by atoms with E-state index in [9.17, 15) is 41.1 Å². The second kappa shape index (κ2) is 15.7. The van der Waals surface area contributed by atoms with E-state index >= 15 is 4.79 Å². The van der Waals surface area contributed by atoms with Crippen molar-refractivity contribution in [3.8, 4) is 11.6 Å². The number of fused-ring (bicyclic) bond motifs is 3. The van der Waals surface area contributed by atoms with Crippen molar-refractivity contribution >= 4 is 44.9 Å². The molecule has 2 aromatic rings. The minimum absolute atomic E-state index is 0.0110. The summed E-state index contributed by atoms with van der Waals surface area (Å²) in [7, 11) is -4.12. The summed E-state index contributed by atoms with van der Waals surface area (Å²) in [5.41, 5.74) is -4.33. The molecule has 0 bridgehead atoms. The Balaban J connectivity index is 1.42. The predicted molar refractivity (Wildman–Crippen MR) is 209 cm³/mol. The normalized spacial score (nSPS) is 29.2. The molecular formula is C40H53F3N6O9S. The number of nitrogens with zero attached hydrogens (tertiary/aromatic N) is 4. The zero-order chi connectivity index (χ0) is 43.5. The van der Waals surface area contributed by atoms with Crippen LogP contribution in [-0.4, -0.2) is 104 Å². The first-order valence-corrected chi connectivity index (χ1v) is 21.5. The van der Waals surface area contributed by atoms with Gasteiger partial charge in [0.2, 0.25) is 33.4 Å². The van der Waals surface area contributed by atoms with Gasteiger partial charge < -0.3 is 24.8 Å². The molecule has 0 unspecified atom stereocenters. The van der Waals surface area contributed by atoms with Crippen LogP contribution in [0.2, 0.25) is 0 Å². The van der Waals surface area contributed by atoms with Crippen LogP contribution in [0.5, 0.6) is 11.6 Å². The third kappa shape index (κ3) is 8.94. The lowest BCUT2D eigenvalue weighted by Crippen LogP contribution is -2.62. The highest BCUT2D eigenvalue weighted by Crippen LogP contribution is 2.48. The Hall–Kier alpha value is -4.68. The van der Waals surface area contributed by atoms with Gasteiger partial charge in [0.05, 0.1) is 28.9 Å². The number of nitrogens with one attached hydrogen (secondary N) is 2. The average Bonchev–Trinajstić information content (AvgIpc) is 4.00. The third-order valence-electron chi connectivity index (χ3n) is 11.9. The second-order valence-corrected chi connectivity index (χ2v) is 19.9. The molecule has 7 atom stereocenters. The number of halogens is 3. The van der Waals surface area contributed by atoms with E-state index in [2.05, 4.69) is 20.0 Å². The van der Waals surface area contributed by atoms with E-state index in [1.54, 1.807) is 40.7 Å². The number of carbonyl (C=O) groups is 4. The molecule has 0 radical (unpaired) electrons. The molecule has 1 saturated heterocycles. The van der Waals surface area contributed by atoms with E-state index in [0.717, 1.165) is 9.80 Å². The summed E-state index contributed by atoms with van der Waals surface area (Å²) >= 11 is 0. The fraction of sp³-hybridized carbons (Fsp3) is 0.650. The Morgan fingerprint density at radius 1 is 1.10 bits per heavy atom. The van der Waals surface area contributed by atoms with Gasteiger partial charge >= 0.3 is 12.3 Å². The van der Waals surface area contributed by atoms with Crippen molar-refractivity contribution < 1.29 is 55.3 Å². The fourth-order valence-corrected chi connectivity index (χ4v) is 9.58. The minimum atomic E-state index is -5.02. The highest BCUT2D eigenvalue weighted by molar-refractivity contribution is 7.91. The minimum Gasteiger partial charge on any atom is -0.494 e. The van der Waals surface area contributed by atoms with Gasteiger partial charge in [0, 0.05) is 23.9 Å². The van der Waals surface area contributed by atoms with Crippen molar-refractivity contribution in [3.05, 3.63) is 36.0 Å². The Morgan fingerprint density at radius 2 is 1.80 bits per heavy atom. The van der Waals surface area contributed by atoms with E-state index in [0.29, 0.717) is 37.9 Å². The molecule has 59 heavy (non-hydrogen) atoms. The highest BCUT2D eigenvalue weighted by Gasteiger charge is 2.63. The zero-order valence-corrected chi connectivity index (χ0v) is 35.1. The molecule has 1 aromatic carbocycles. The van der Waals surface area contributed by atoms with Gasteiger partial charge in [-0.3, -0.25) is 24.0 Å². The summed E-state index contributed by atoms with van der Waals surface area (Å²) in [6, 6.07) is 1.36. The van der Waals surface area contributed by atoms with Crippen molar-refractivity contribution in [2.75, 3.05) is 13.2 Å². The summed E-state index contributed by atoms with van der Waals surface area (Å²) in [5.74, 6) is -4.39. The Labute approximate surface area is 341 Å². The number of allylic oxidation sites excluding steroid dienone is 1. The smallest absolute Gasteiger partial charge is 0.438 e. The summed E-state index contributed by atoms with van der Waals surface area (Å²) in [5, 5.41) is 13.3. The molecule has 3 fully saturated rings. The topological polar surface area (TPSA) is 197 Å². The largest absolute Gasteiger partial charge is 0.494 e. The molecule has 19 heteroatoms. The molecule has 4 amide bonds. The van der Waals surface area contributed by atoms with Gasteiger partial charge in [-0.2, -0.15) is 13.2 Å². The third-order valence-corrected chi connectivity index (χ3v) is 14.0. The van der Waals surface area contributed by atoms with Crippen LogP contribution in [0.3, 0.4) is 0 Å². The summed E-state index contributed by atoms with van der Waals surface area (Å²) in [4.78, 5) is 66.6. The van der Waals surface area contributed by atoms with E-state index in [1.807, 2.05) is 13.0 Å². The molecular weight excluding hydrogens is 798 g/mol. The molecule has 0 spiro atoms. The van der Waals surface area contributed by atoms with Gasteiger partial charge in [0.1, 0.15) is 29.5 Å². The second-order valence-electron chi connectivity index (χ2n) is 17.7. The number of sulfonamides is 1. The molecule has 6 rings (SSSR count). The zero-order valence-electron chi connectivity index (χ0n) is 34.3. The van der Waals surface area contributed by atoms with Gasteiger partial charge in [0.25, 0.3) is 5.91 Å². The number of hydrogen-bond donors (Lipinski definition) is 3. The van der Waals surface area contributed by atoms with Crippen LogP contribution in [0.1, 0.15) is 99.1 Å². The van der Waals surface area contributed by atoms with Gasteiger partial charge in [-0.25, -0.2) is 23.2 Å². The van der Waals surface area contributed by atoms with Gasteiger partial charge in [-0.1, -0.05) is 26.0 Å². The molecule has 3 heterocycles. The first kappa shape index (κ1) is 43.9. The molecule has 2 saturated carbocycles. The average molecular weight is 851 g/mol. The van der Waals surface area contributed by atoms with Crippen LogP contribution < -0.4 is 19.5 Å². The van der Waals surface area contributed by atoms with Crippen molar-refractivity contribution in [1.82, 2.24) is 29.8 Å². The summed E-state index contributed by atoms with van der Waals surface area (Å²) < 4.78 is 82.4. The monoisotopic (exact) mass is 850 g/mol. The molecule has 4 aliphatic rings. The molecule has 2 aliphatic heterocycles. The Bertz CT molecular complexity index is 2140. The molecule has 324 valence electrons. The number of hydrogen-bond acceptors (Lipinski definition) is 10. The highest BCUT2D eigenvalue weighted by atomic mass is 32.2. The lowest BCUT2D eigenvalue weighted by Gasteiger charge is -2.43. The van der Waals surface area contributed by atoms with Crippen molar-refractivity contribution in [2.45, 2.75) is 134 Å². The number of amides is 4. The van der Waals surface area contributed by atoms with Crippen molar-refractivity contribution in [2.24, 2.45) is 17.8 Å². The number of alkyl halides is 3. The number of carboxylic acid groups (broad SMARTS) is 1. The first-order chi connectivity index (χ1) is 27.4. The van der Waals surface area contributed by atoms with E-state index < -0.39 is 104 Å². The number of benzene rings is 1. The predicted octanol–water partition coefficient (Wildman–Crippen LogP) is 5.43. The van der Waals surface area contributed by atoms with Crippen LogP contribution in [0.15, 0.2) is 30.4 Å². The Kier molecular flexibility index (Phi) is 11.7. The summed E-state index contributed by atoms with van der Waals surface area (Å²) in [6.45, 7) is 11.7. The molecule has 3 N–H and O–H groups in total. The lowest BCUT2D eigenvalue weighted by molar-refractivity contribution is -0.146. The van der Waals surface area contributed by atoms with E-state index in [1.165, 1.54) is 25.1 Å². The van der Waals surface area contributed by atoms with E-state index in [-0.39, 0.29) is 36.4 Å². The lowest BCUT2D eigenvalue weighted by atomic mass is 9.85. The quantitative estimate of drug-likeness (QED) is 0.287. The van der Waals surface area contributed by atoms with Crippen LogP contribution in [-0.2, 0) is 30.6 Å². The van der Waals surface area contributed by atoms with Crippen LogP contribution in [0, 0.1) is 17.8 Å². The number of rotatable bonds is 8. The van der Waals surface area contributed by atoms with Gasteiger partial charge in [0.15, 0.2) is 0 Å².